The van der Waals surface area contributed by atoms with E-state index >= 15 is 0 Å². The van der Waals surface area contributed by atoms with Gasteiger partial charge in [-0.25, -0.2) is 4.79 Å². The molecule has 0 fully saturated rings. The van der Waals surface area contributed by atoms with E-state index < -0.39 is 5.97 Å². The zero-order valence-electron chi connectivity index (χ0n) is 11.2. The van der Waals surface area contributed by atoms with Crippen LogP contribution in [0.15, 0.2) is 41.9 Å². The molecule has 0 unspecified atom stereocenters. The lowest BCUT2D eigenvalue weighted by atomic mass is 10.2. The van der Waals surface area contributed by atoms with Gasteiger partial charge in [-0.1, -0.05) is 6.07 Å². The Balaban J connectivity index is 1.99. The van der Waals surface area contributed by atoms with Gasteiger partial charge < -0.3 is 5.11 Å². The number of hydrogen-bond acceptors (Lipinski definition) is 4. The van der Waals surface area contributed by atoms with Crippen LogP contribution in [-0.2, 0) is 17.9 Å². The second-order valence-electron chi connectivity index (χ2n) is 4.46. The predicted molar refractivity (Wildman–Crippen MR) is 80.4 cm³/mol. The summed E-state index contributed by atoms with van der Waals surface area (Å²) in [6.45, 7) is 1.54. The summed E-state index contributed by atoms with van der Waals surface area (Å²) in [6, 6.07) is 7.81. The minimum absolute atomic E-state index is 0.765. The summed E-state index contributed by atoms with van der Waals surface area (Å²) < 4.78 is 0. The van der Waals surface area contributed by atoms with E-state index in [1.807, 2.05) is 36.7 Å². The maximum atomic E-state index is 10.6. The van der Waals surface area contributed by atoms with Crippen LogP contribution in [0.25, 0.3) is 6.08 Å². The Labute approximate surface area is 122 Å². The second kappa shape index (κ2) is 6.98. The summed E-state index contributed by atoms with van der Waals surface area (Å²) in [7, 11) is 2.03. The van der Waals surface area contributed by atoms with Crippen molar-refractivity contribution in [3.63, 3.8) is 0 Å². The lowest BCUT2D eigenvalue weighted by Gasteiger charge is -2.15. The number of nitrogens with zero attached hydrogens (tertiary/aromatic N) is 2. The minimum Gasteiger partial charge on any atom is -0.478 e. The van der Waals surface area contributed by atoms with Crippen molar-refractivity contribution in [3.05, 3.63) is 58.1 Å². The van der Waals surface area contributed by atoms with Crippen LogP contribution in [0.2, 0.25) is 0 Å². The number of thiophene rings is 1. The summed E-state index contributed by atoms with van der Waals surface area (Å²) >= 11 is 1.63. The van der Waals surface area contributed by atoms with Crippen molar-refractivity contribution in [2.75, 3.05) is 7.05 Å². The fourth-order valence-corrected chi connectivity index (χ4v) is 2.80. The van der Waals surface area contributed by atoms with Crippen LogP contribution in [-0.4, -0.2) is 28.0 Å². The van der Waals surface area contributed by atoms with Crippen LogP contribution in [0.5, 0.6) is 0 Å². The highest BCUT2D eigenvalue weighted by Crippen LogP contribution is 2.20. The van der Waals surface area contributed by atoms with Crippen LogP contribution in [0.3, 0.4) is 0 Å². The van der Waals surface area contributed by atoms with Crippen LogP contribution in [0, 0.1) is 0 Å². The quantitative estimate of drug-likeness (QED) is 0.830. The maximum Gasteiger partial charge on any atom is 0.328 e. The summed E-state index contributed by atoms with van der Waals surface area (Å²) in [6.07, 6.45) is 4.60. The highest BCUT2D eigenvalue weighted by atomic mass is 32.1. The standard InChI is InChI=1S/C15H16N2O2S/c1-17(10-13-4-2-3-8-16-13)11-14-12(7-9-20-14)5-6-15(18)19/h2-9H,10-11H2,1H3,(H,18,19). The first kappa shape index (κ1) is 14.4. The van der Waals surface area contributed by atoms with Crippen molar-refractivity contribution in [1.82, 2.24) is 9.88 Å². The SMILES string of the molecule is CN(Cc1ccccn1)Cc1sccc1C=CC(=O)O. The summed E-state index contributed by atoms with van der Waals surface area (Å²) in [5.41, 5.74) is 1.99. The van der Waals surface area contributed by atoms with Crippen molar-refractivity contribution in [3.8, 4) is 0 Å². The number of carboxylic acid groups (broad SMARTS) is 1. The Morgan fingerprint density at radius 3 is 2.95 bits per heavy atom. The van der Waals surface area contributed by atoms with E-state index in [2.05, 4.69) is 9.88 Å². The maximum absolute atomic E-state index is 10.6. The van der Waals surface area contributed by atoms with Gasteiger partial charge >= 0.3 is 5.97 Å². The van der Waals surface area contributed by atoms with Crippen molar-refractivity contribution in [1.29, 1.82) is 0 Å². The lowest BCUT2D eigenvalue weighted by Crippen LogP contribution is -2.17. The molecule has 2 aromatic heterocycles. The Kier molecular flexibility index (Phi) is 5.03. The van der Waals surface area contributed by atoms with Crippen molar-refractivity contribution in [2.24, 2.45) is 0 Å². The molecule has 0 aliphatic rings. The lowest BCUT2D eigenvalue weighted by molar-refractivity contribution is -0.131. The molecule has 20 heavy (non-hydrogen) atoms. The van der Waals surface area contributed by atoms with E-state index in [1.165, 1.54) is 6.08 Å². The van der Waals surface area contributed by atoms with E-state index in [9.17, 15) is 4.79 Å². The molecule has 0 radical (unpaired) electrons. The Morgan fingerprint density at radius 2 is 2.25 bits per heavy atom. The Bertz CT molecular complexity index is 593. The van der Waals surface area contributed by atoms with Gasteiger partial charge in [0.1, 0.15) is 0 Å². The third kappa shape index (κ3) is 4.29. The normalized spacial score (nSPS) is 11.3. The average molecular weight is 288 g/mol. The number of rotatable bonds is 6. The Morgan fingerprint density at radius 1 is 1.40 bits per heavy atom. The fourth-order valence-electron chi connectivity index (χ4n) is 1.86. The monoisotopic (exact) mass is 288 g/mol. The van der Waals surface area contributed by atoms with Crippen LogP contribution < -0.4 is 0 Å². The second-order valence-corrected chi connectivity index (χ2v) is 5.46. The topological polar surface area (TPSA) is 53.4 Å². The first-order valence-corrected chi connectivity index (χ1v) is 7.09. The highest BCUT2D eigenvalue weighted by molar-refractivity contribution is 7.10. The van der Waals surface area contributed by atoms with Crippen LogP contribution in [0.1, 0.15) is 16.1 Å². The summed E-state index contributed by atoms with van der Waals surface area (Å²) in [5, 5.41) is 10.7. The van der Waals surface area contributed by atoms with E-state index in [1.54, 1.807) is 23.6 Å². The molecule has 0 spiro atoms. The van der Waals surface area contributed by atoms with Crippen LogP contribution in [0.4, 0.5) is 0 Å². The first-order valence-electron chi connectivity index (χ1n) is 6.21. The fraction of sp³-hybridized carbons (Fsp3) is 0.200. The van der Waals surface area contributed by atoms with E-state index in [4.69, 9.17) is 5.11 Å². The van der Waals surface area contributed by atoms with Gasteiger partial charge in [-0.2, -0.15) is 0 Å². The molecule has 4 nitrogen and oxygen atoms in total. The number of hydrogen-bond donors (Lipinski definition) is 1. The van der Waals surface area contributed by atoms with Crippen molar-refractivity contribution < 1.29 is 9.90 Å². The van der Waals surface area contributed by atoms with Gasteiger partial charge in [-0.3, -0.25) is 9.88 Å². The van der Waals surface area contributed by atoms with Gasteiger partial charge in [0, 0.05) is 30.2 Å². The molecule has 2 rings (SSSR count). The smallest absolute Gasteiger partial charge is 0.328 e. The molecule has 1 N–H and O–H groups in total. The molecule has 0 saturated carbocycles. The molecule has 104 valence electrons. The first-order chi connectivity index (χ1) is 9.65. The molecule has 5 heteroatoms. The number of carboxylic acids is 1. The molecule has 0 bridgehead atoms. The molecule has 0 aromatic carbocycles. The van der Waals surface area contributed by atoms with E-state index in [-0.39, 0.29) is 0 Å². The highest BCUT2D eigenvalue weighted by Gasteiger charge is 2.07. The third-order valence-corrected chi connectivity index (χ3v) is 3.68. The summed E-state index contributed by atoms with van der Waals surface area (Å²) in [5.74, 6) is -0.927. The predicted octanol–water partition coefficient (Wildman–Crippen LogP) is 2.87. The molecule has 0 aliphatic heterocycles. The van der Waals surface area contributed by atoms with Gasteiger partial charge in [0.2, 0.25) is 0 Å². The zero-order chi connectivity index (χ0) is 14.4. The number of pyridine rings is 1. The molecule has 0 saturated heterocycles. The van der Waals surface area contributed by atoms with E-state index in [0.717, 1.165) is 29.2 Å². The largest absolute Gasteiger partial charge is 0.478 e. The van der Waals surface area contributed by atoms with Gasteiger partial charge in [-0.15, -0.1) is 11.3 Å². The van der Waals surface area contributed by atoms with Crippen molar-refractivity contribution in [2.45, 2.75) is 13.1 Å². The molecule has 0 amide bonds. The van der Waals surface area contributed by atoms with Crippen LogP contribution >= 0.6 is 11.3 Å². The number of aliphatic carboxylic acids is 1. The zero-order valence-corrected chi connectivity index (χ0v) is 12.0. The molecule has 0 aliphatic carbocycles. The Hall–Kier alpha value is -1.98. The average Bonchev–Trinajstić information content (AvgIpc) is 2.84. The molecule has 2 heterocycles. The molecular weight excluding hydrogens is 272 g/mol. The van der Waals surface area contributed by atoms with Gasteiger partial charge in [0.05, 0.1) is 5.69 Å². The number of carbonyl (C=O) groups is 1. The number of aromatic nitrogens is 1. The molecule has 0 atom stereocenters. The molecule has 2 aromatic rings. The van der Waals surface area contributed by atoms with Gasteiger partial charge in [-0.05, 0) is 42.3 Å². The van der Waals surface area contributed by atoms with Crippen molar-refractivity contribution >= 4 is 23.4 Å². The minimum atomic E-state index is -0.927. The molecular formula is C15H16N2O2S. The van der Waals surface area contributed by atoms with E-state index in [0.29, 0.717) is 0 Å². The summed E-state index contributed by atoms with van der Waals surface area (Å²) in [4.78, 5) is 18.2. The third-order valence-electron chi connectivity index (χ3n) is 2.76. The van der Waals surface area contributed by atoms with Gasteiger partial charge in [0.25, 0.3) is 0 Å². The van der Waals surface area contributed by atoms with Gasteiger partial charge in [0.15, 0.2) is 0 Å².